The molecule has 6 heteroatoms. The lowest BCUT2D eigenvalue weighted by Gasteiger charge is -2.31. The Bertz CT molecular complexity index is 1020. The Morgan fingerprint density at radius 2 is 1.94 bits per heavy atom. The molecule has 3 rings (SSSR count). The Hall–Kier alpha value is -2.40. The molecule has 0 radical (unpaired) electrons. The van der Waals surface area contributed by atoms with E-state index < -0.39 is 5.41 Å². The van der Waals surface area contributed by atoms with Crippen molar-refractivity contribution < 1.29 is 9.59 Å². The van der Waals surface area contributed by atoms with E-state index >= 15 is 0 Å². The highest BCUT2D eigenvalue weighted by Gasteiger charge is 2.36. The first kappa shape index (κ1) is 26.2. The van der Waals surface area contributed by atoms with Crippen LogP contribution >= 0.6 is 22.6 Å². The minimum atomic E-state index is -0.546. The number of rotatable bonds is 10. The van der Waals surface area contributed by atoms with Crippen LogP contribution in [0.4, 0.5) is 0 Å². The lowest BCUT2D eigenvalue weighted by molar-refractivity contribution is -0.138. The molecule has 1 N–H and O–H groups in total. The summed E-state index contributed by atoms with van der Waals surface area (Å²) in [7, 11) is 0. The van der Waals surface area contributed by atoms with Crippen molar-refractivity contribution >= 4 is 34.4 Å². The molecule has 1 heterocycles. The number of hydrogen-bond acceptors (Lipinski definition) is 3. The van der Waals surface area contributed by atoms with Crippen molar-refractivity contribution in [2.24, 2.45) is 5.92 Å². The van der Waals surface area contributed by atoms with E-state index in [1.807, 2.05) is 54.6 Å². The monoisotopic (exact) mass is 571 g/mol. The van der Waals surface area contributed by atoms with Crippen LogP contribution in [0.2, 0.25) is 0 Å². The van der Waals surface area contributed by atoms with Gasteiger partial charge < -0.3 is 10.2 Å². The molecule has 0 saturated carbocycles. The van der Waals surface area contributed by atoms with Crippen molar-refractivity contribution in [2.75, 3.05) is 6.54 Å². The van der Waals surface area contributed by atoms with Crippen LogP contribution in [0.1, 0.15) is 63.5 Å². The molecule has 2 aromatic rings. The van der Waals surface area contributed by atoms with Gasteiger partial charge in [-0.3, -0.25) is 9.59 Å². The molecule has 1 saturated heterocycles. The Labute approximate surface area is 217 Å². The molecule has 180 valence electrons. The van der Waals surface area contributed by atoms with E-state index in [4.69, 9.17) is 0 Å². The van der Waals surface area contributed by atoms with Gasteiger partial charge in [0.2, 0.25) is 11.8 Å². The van der Waals surface area contributed by atoms with Crippen LogP contribution in [0.25, 0.3) is 0 Å². The van der Waals surface area contributed by atoms with Crippen molar-refractivity contribution in [3.8, 4) is 6.07 Å². The number of halogens is 1. The van der Waals surface area contributed by atoms with Gasteiger partial charge in [0.15, 0.2) is 0 Å². The first-order chi connectivity index (χ1) is 16.4. The number of unbranched alkanes of at least 4 members (excludes halogenated alkanes) is 1. The number of nitrogens with one attached hydrogen (secondary N) is 1. The third-order valence-electron chi connectivity index (χ3n) is 6.92. The molecule has 0 spiro atoms. The first-order valence-electron chi connectivity index (χ1n) is 12.2. The molecule has 5 nitrogen and oxygen atoms in total. The zero-order valence-corrected chi connectivity index (χ0v) is 22.3. The third-order valence-corrected chi connectivity index (χ3v) is 7.59. The summed E-state index contributed by atoms with van der Waals surface area (Å²) in [6.45, 7) is 5.29. The number of benzene rings is 2. The topological polar surface area (TPSA) is 73.2 Å². The van der Waals surface area contributed by atoms with Crippen molar-refractivity contribution in [1.29, 1.82) is 5.26 Å². The van der Waals surface area contributed by atoms with Gasteiger partial charge in [0.25, 0.3) is 0 Å². The normalized spacial score (nSPS) is 17.3. The Morgan fingerprint density at radius 1 is 1.18 bits per heavy atom. The minimum Gasteiger partial charge on any atom is -0.350 e. The zero-order valence-electron chi connectivity index (χ0n) is 20.1. The van der Waals surface area contributed by atoms with Gasteiger partial charge in [0.1, 0.15) is 6.04 Å². The van der Waals surface area contributed by atoms with Crippen molar-refractivity contribution in [3.63, 3.8) is 0 Å². The molecule has 0 unspecified atom stereocenters. The van der Waals surface area contributed by atoms with Crippen molar-refractivity contribution in [3.05, 3.63) is 69.3 Å². The van der Waals surface area contributed by atoms with Gasteiger partial charge in [-0.05, 0) is 77.5 Å². The standard InChI is InChI=1S/C28H34IN3O2/c1-21(2)28(20-30,23-11-4-3-5-12-23)16-7-6-15-26(33)32-17-9-14-25(32)27(34)31-19-22-10-8-13-24(29)18-22/h3-5,8,10-13,18,21,25H,6-7,9,14-17,19H2,1-2H3,(H,31,34)/t25-,28+/m1/s1. The van der Waals surface area contributed by atoms with Crippen LogP contribution in [0.15, 0.2) is 54.6 Å². The fourth-order valence-electron chi connectivity index (χ4n) is 4.87. The average Bonchev–Trinajstić information content (AvgIpc) is 3.33. The summed E-state index contributed by atoms with van der Waals surface area (Å²) in [4.78, 5) is 27.5. The summed E-state index contributed by atoms with van der Waals surface area (Å²) in [6, 6.07) is 20.2. The molecule has 0 aromatic heterocycles. The van der Waals surface area contributed by atoms with Crippen LogP contribution in [-0.4, -0.2) is 29.3 Å². The summed E-state index contributed by atoms with van der Waals surface area (Å²) in [5, 5.41) is 13.1. The van der Waals surface area contributed by atoms with Gasteiger partial charge in [-0.1, -0.05) is 62.7 Å². The van der Waals surface area contributed by atoms with Crippen LogP contribution in [0, 0.1) is 20.8 Å². The number of carbonyl (C=O) groups is 2. The summed E-state index contributed by atoms with van der Waals surface area (Å²) in [5.74, 6) is 0.144. The molecule has 2 amide bonds. The van der Waals surface area contributed by atoms with Gasteiger partial charge in [-0.15, -0.1) is 0 Å². The Kier molecular flexibility index (Phi) is 9.52. The summed E-state index contributed by atoms with van der Waals surface area (Å²) in [5.41, 5.74) is 1.55. The van der Waals surface area contributed by atoms with Gasteiger partial charge in [0.05, 0.1) is 11.5 Å². The average molecular weight is 572 g/mol. The van der Waals surface area contributed by atoms with E-state index in [1.54, 1.807) is 4.90 Å². The minimum absolute atomic E-state index is 0.0405. The molecule has 1 aliphatic heterocycles. The van der Waals surface area contributed by atoms with E-state index in [0.29, 0.717) is 25.9 Å². The zero-order chi connectivity index (χ0) is 24.6. The van der Waals surface area contributed by atoms with Gasteiger partial charge >= 0.3 is 0 Å². The van der Waals surface area contributed by atoms with E-state index in [9.17, 15) is 14.9 Å². The largest absolute Gasteiger partial charge is 0.350 e. The summed E-state index contributed by atoms with van der Waals surface area (Å²) >= 11 is 2.26. The lowest BCUT2D eigenvalue weighted by atomic mass is 9.69. The quantitative estimate of drug-likeness (QED) is 0.299. The van der Waals surface area contributed by atoms with Crippen molar-refractivity contribution in [2.45, 2.75) is 70.4 Å². The highest BCUT2D eigenvalue weighted by Crippen LogP contribution is 2.37. The lowest BCUT2D eigenvalue weighted by Crippen LogP contribution is -2.45. The van der Waals surface area contributed by atoms with E-state index in [2.05, 4.69) is 47.8 Å². The molecule has 34 heavy (non-hydrogen) atoms. The second-order valence-electron chi connectivity index (χ2n) is 9.40. The molecule has 0 aliphatic carbocycles. The van der Waals surface area contributed by atoms with Gasteiger partial charge in [-0.2, -0.15) is 5.26 Å². The summed E-state index contributed by atoms with van der Waals surface area (Å²) in [6.07, 6.45) is 4.21. The molecule has 2 atom stereocenters. The smallest absolute Gasteiger partial charge is 0.243 e. The number of amides is 2. The van der Waals surface area contributed by atoms with Crippen LogP contribution in [-0.2, 0) is 21.5 Å². The number of carbonyl (C=O) groups excluding carboxylic acids is 2. The molecular weight excluding hydrogens is 537 g/mol. The predicted molar refractivity (Wildman–Crippen MR) is 143 cm³/mol. The molecule has 0 bridgehead atoms. The van der Waals surface area contributed by atoms with E-state index in [-0.39, 0.29) is 23.8 Å². The fourth-order valence-corrected chi connectivity index (χ4v) is 5.47. The van der Waals surface area contributed by atoms with Crippen LogP contribution in [0.3, 0.4) is 0 Å². The second-order valence-corrected chi connectivity index (χ2v) is 10.6. The fraction of sp³-hybridized carbons (Fsp3) is 0.464. The van der Waals surface area contributed by atoms with Gasteiger partial charge in [0, 0.05) is 23.1 Å². The van der Waals surface area contributed by atoms with Gasteiger partial charge in [-0.25, -0.2) is 0 Å². The first-order valence-corrected chi connectivity index (χ1v) is 13.2. The third kappa shape index (κ3) is 6.38. The molecule has 1 aliphatic rings. The van der Waals surface area contributed by atoms with Crippen molar-refractivity contribution in [1.82, 2.24) is 10.2 Å². The molecular formula is C28H34IN3O2. The Balaban J connectivity index is 1.51. The van der Waals surface area contributed by atoms with Crippen LogP contribution in [0.5, 0.6) is 0 Å². The van der Waals surface area contributed by atoms with Crippen LogP contribution < -0.4 is 5.32 Å². The maximum absolute atomic E-state index is 13.0. The number of likely N-dealkylation sites (tertiary alicyclic amines) is 1. The summed E-state index contributed by atoms with van der Waals surface area (Å²) < 4.78 is 1.13. The SMILES string of the molecule is CC(C)[C@@](C#N)(CCCCC(=O)N1CCC[C@@H]1C(=O)NCc1cccc(I)c1)c1ccccc1. The van der Waals surface area contributed by atoms with E-state index in [0.717, 1.165) is 40.4 Å². The highest BCUT2D eigenvalue weighted by atomic mass is 127. The second kappa shape index (κ2) is 12.3. The Morgan fingerprint density at radius 3 is 2.62 bits per heavy atom. The maximum atomic E-state index is 13.0. The maximum Gasteiger partial charge on any atom is 0.243 e. The number of hydrogen-bond donors (Lipinski definition) is 1. The predicted octanol–water partition coefficient (Wildman–Crippen LogP) is 5.58. The molecule has 1 fully saturated rings. The van der Waals surface area contributed by atoms with E-state index in [1.165, 1.54) is 0 Å². The molecule has 2 aromatic carbocycles. The highest BCUT2D eigenvalue weighted by molar-refractivity contribution is 14.1. The number of nitrogens with zero attached hydrogens (tertiary/aromatic N) is 2. The number of nitriles is 1.